The lowest BCUT2D eigenvalue weighted by atomic mass is 10.1. The lowest BCUT2D eigenvalue weighted by Crippen LogP contribution is -2.00. The first-order valence-electron chi connectivity index (χ1n) is 5.17. The van der Waals surface area contributed by atoms with Crippen LogP contribution >= 0.6 is 0 Å². The summed E-state index contributed by atoms with van der Waals surface area (Å²) in [4.78, 5) is 10.8. The molecule has 0 saturated carbocycles. The summed E-state index contributed by atoms with van der Waals surface area (Å²) in [7, 11) is 0. The van der Waals surface area contributed by atoms with Crippen molar-refractivity contribution in [1.82, 2.24) is 0 Å². The van der Waals surface area contributed by atoms with Crippen LogP contribution in [-0.2, 0) is 6.61 Å². The molecule has 17 heavy (non-hydrogen) atoms. The van der Waals surface area contributed by atoms with Crippen LogP contribution in [0.5, 0.6) is 5.75 Å². The van der Waals surface area contributed by atoms with Gasteiger partial charge in [0, 0.05) is 0 Å². The number of carboxylic acid groups (broad SMARTS) is 1. The third-order valence-corrected chi connectivity index (χ3v) is 2.26. The minimum absolute atomic E-state index is 0.269. The monoisotopic (exact) mass is 227 g/mol. The Labute approximate surface area is 99.3 Å². The molecule has 1 radical (unpaired) electrons. The number of benzene rings is 2. The molecule has 0 fully saturated rings. The van der Waals surface area contributed by atoms with Gasteiger partial charge in [-0.3, -0.25) is 0 Å². The molecule has 0 heterocycles. The molecule has 0 bridgehead atoms. The second-order valence-electron chi connectivity index (χ2n) is 3.53. The summed E-state index contributed by atoms with van der Waals surface area (Å²) in [5, 5.41) is 8.85. The first kappa shape index (κ1) is 11.2. The number of hydrogen-bond donors (Lipinski definition) is 1. The maximum atomic E-state index is 10.8. The number of carbonyl (C=O) groups is 1. The van der Waals surface area contributed by atoms with Crippen LogP contribution in [0, 0.1) is 6.07 Å². The fourth-order valence-electron chi connectivity index (χ4n) is 1.43. The van der Waals surface area contributed by atoms with Crippen molar-refractivity contribution in [2.45, 2.75) is 6.61 Å². The summed E-state index contributed by atoms with van der Waals surface area (Å²) < 4.78 is 5.50. The average Bonchev–Trinajstić information content (AvgIpc) is 2.38. The Balaban J connectivity index is 2.04. The highest BCUT2D eigenvalue weighted by atomic mass is 16.5. The zero-order chi connectivity index (χ0) is 12.1. The Hall–Kier alpha value is -2.29. The fourth-order valence-corrected chi connectivity index (χ4v) is 1.43. The molecule has 0 aromatic heterocycles. The molecular weight excluding hydrogens is 216 g/mol. The van der Waals surface area contributed by atoms with Crippen LogP contribution in [-0.4, -0.2) is 11.1 Å². The number of hydrogen-bond acceptors (Lipinski definition) is 2. The van der Waals surface area contributed by atoms with E-state index in [4.69, 9.17) is 9.84 Å². The molecule has 0 aliphatic rings. The SMILES string of the molecule is O=C(O)c1cccc(COc2c[c]ccc2)c1. The predicted octanol–water partition coefficient (Wildman–Crippen LogP) is 2.76. The van der Waals surface area contributed by atoms with Crippen LogP contribution in [0.4, 0.5) is 0 Å². The van der Waals surface area contributed by atoms with Crippen LogP contribution in [0.1, 0.15) is 15.9 Å². The van der Waals surface area contributed by atoms with E-state index in [0.29, 0.717) is 12.4 Å². The number of aromatic carboxylic acids is 1. The molecule has 85 valence electrons. The van der Waals surface area contributed by atoms with Gasteiger partial charge in [0.15, 0.2) is 0 Å². The molecule has 0 spiro atoms. The molecule has 0 saturated heterocycles. The average molecular weight is 227 g/mol. The first-order chi connectivity index (χ1) is 8.25. The fraction of sp³-hybridized carbons (Fsp3) is 0.0714. The summed E-state index contributed by atoms with van der Waals surface area (Å²) >= 11 is 0. The lowest BCUT2D eigenvalue weighted by Gasteiger charge is -2.06. The Morgan fingerprint density at radius 3 is 2.88 bits per heavy atom. The Morgan fingerprint density at radius 1 is 1.29 bits per heavy atom. The molecule has 2 aromatic rings. The highest BCUT2D eigenvalue weighted by molar-refractivity contribution is 5.87. The minimum atomic E-state index is -0.931. The standard InChI is InChI=1S/C14H11O3/c15-14(16)12-6-4-5-11(9-12)10-17-13-7-2-1-3-8-13/h1-2,4-9H,10H2,(H,15,16). The van der Waals surface area contributed by atoms with Gasteiger partial charge in [-0.15, -0.1) is 0 Å². The van der Waals surface area contributed by atoms with Gasteiger partial charge < -0.3 is 9.84 Å². The highest BCUT2D eigenvalue weighted by Gasteiger charge is 2.03. The van der Waals surface area contributed by atoms with Gasteiger partial charge in [0.25, 0.3) is 0 Å². The first-order valence-corrected chi connectivity index (χ1v) is 5.17. The van der Waals surface area contributed by atoms with E-state index in [2.05, 4.69) is 6.07 Å². The number of ether oxygens (including phenoxy) is 1. The number of carboxylic acids is 1. The molecule has 2 rings (SSSR count). The van der Waals surface area contributed by atoms with Gasteiger partial charge >= 0.3 is 5.97 Å². The van der Waals surface area contributed by atoms with Crippen molar-refractivity contribution in [2.75, 3.05) is 0 Å². The van der Waals surface area contributed by atoms with E-state index in [-0.39, 0.29) is 5.56 Å². The predicted molar refractivity (Wildman–Crippen MR) is 63.0 cm³/mol. The van der Waals surface area contributed by atoms with Gasteiger partial charge in [0.2, 0.25) is 0 Å². The summed E-state index contributed by atoms with van der Waals surface area (Å²) in [5.74, 6) is -0.215. The maximum absolute atomic E-state index is 10.8. The van der Waals surface area contributed by atoms with Crippen LogP contribution in [0.25, 0.3) is 0 Å². The highest BCUT2D eigenvalue weighted by Crippen LogP contribution is 2.12. The van der Waals surface area contributed by atoms with Crippen LogP contribution in [0.2, 0.25) is 0 Å². The van der Waals surface area contributed by atoms with Gasteiger partial charge in [-0.1, -0.05) is 24.3 Å². The third-order valence-electron chi connectivity index (χ3n) is 2.26. The van der Waals surface area contributed by atoms with E-state index in [9.17, 15) is 4.79 Å². The molecule has 0 unspecified atom stereocenters. The van der Waals surface area contributed by atoms with E-state index >= 15 is 0 Å². The van der Waals surface area contributed by atoms with Gasteiger partial charge in [-0.2, -0.15) is 0 Å². The maximum Gasteiger partial charge on any atom is 0.335 e. The molecule has 3 heteroatoms. The van der Waals surface area contributed by atoms with Gasteiger partial charge in [-0.05, 0) is 35.9 Å². The Bertz CT molecular complexity index is 506. The topological polar surface area (TPSA) is 46.5 Å². The van der Waals surface area contributed by atoms with E-state index in [1.165, 1.54) is 0 Å². The van der Waals surface area contributed by atoms with Crippen molar-refractivity contribution in [1.29, 1.82) is 0 Å². The van der Waals surface area contributed by atoms with Gasteiger partial charge in [0.05, 0.1) is 5.56 Å². The van der Waals surface area contributed by atoms with Gasteiger partial charge in [0.1, 0.15) is 12.4 Å². The lowest BCUT2D eigenvalue weighted by molar-refractivity contribution is 0.0696. The molecule has 3 nitrogen and oxygen atoms in total. The minimum Gasteiger partial charge on any atom is -0.489 e. The van der Waals surface area contributed by atoms with Crippen molar-refractivity contribution in [3.8, 4) is 5.75 Å². The Morgan fingerprint density at radius 2 is 2.18 bits per heavy atom. The quantitative estimate of drug-likeness (QED) is 0.873. The van der Waals surface area contributed by atoms with Gasteiger partial charge in [-0.25, -0.2) is 4.79 Å². The van der Waals surface area contributed by atoms with E-state index in [1.807, 2.05) is 18.2 Å². The third kappa shape index (κ3) is 3.08. The summed E-state index contributed by atoms with van der Waals surface area (Å²) in [5.41, 5.74) is 1.10. The van der Waals surface area contributed by atoms with Crippen molar-refractivity contribution in [3.05, 3.63) is 65.7 Å². The van der Waals surface area contributed by atoms with Crippen molar-refractivity contribution >= 4 is 5.97 Å². The molecule has 0 aliphatic carbocycles. The largest absolute Gasteiger partial charge is 0.489 e. The van der Waals surface area contributed by atoms with Crippen molar-refractivity contribution in [2.24, 2.45) is 0 Å². The van der Waals surface area contributed by atoms with E-state index < -0.39 is 5.97 Å². The molecule has 0 aliphatic heterocycles. The second kappa shape index (κ2) is 5.16. The smallest absolute Gasteiger partial charge is 0.335 e. The molecule has 0 amide bonds. The van der Waals surface area contributed by atoms with Crippen LogP contribution < -0.4 is 4.74 Å². The van der Waals surface area contributed by atoms with E-state index in [0.717, 1.165) is 5.56 Å². The van der Waals surface area contributed by atoms with Crippen molar-refractivity contribution in [3.63, 3.8) is 0 Å². The van der Waals surface area contributed by atoms with E-state index in [1.54, 1.807) is 30.3 Å². The zero-order valence-electron chi connectivity index (χ0n) is 9.09. The normalized spacial score (nSPS) is 9.88. The summed E-state index contributed by atoms with van der Waals surface area (Å²) in [6.45, 7) is 0.346. The molecule has 2 aromatic carbocycles. The summed E-state index contributed by atoms with van der Waals surface area (Å²) in [6, 6.07) is 16.8. The van der Waals surface area contributed by atoms with Crippen molar-refractivity contribution < 1.29 is 14.6 Å². The molecule has 0 atom stereocenters. The zero-order valence-corrected chi connectivity index (χ0v) is 9.09. The molecule has 1 N–H and O–H groups in total. The Kier molecular flexibility index (Phi) is 3.40. The van der Waals surface area contributed by atoms with Crippen LogP contribution in [0.3, 0.4) is 0 Å². The second-order valence-corrected chi connectivity index (χ2v) is 3.53. The number of rotatable bonds is 4. The molecular formula is C14H11O3. The van der Waals surface area contributed by atoms with Crippen LogP contribution in [0.15, 0.2) is 48.5 Å². The summed E-state index contributed by atoms with van der Waals surface area (Å²) in [6.07, 6.45) is 0.